The number of unbranched alkanes of at least 4 members (excludes halogenated alkanes) is 1. The minimum absolute atomic E-state index is 0.0313. The van der Waals surface area contributed by atoms with Gasteiger partial charge in [-0.05, 0) is 61.6 Å². The molecule has 6 heteroatoms. The Balaban J connectivity index is 1.88. The van der Waals surface area contributed by atoms with Gasteiger partial charge in [-0.1, -0.05) is 12.2 Å². The Hall–Kier alpha value is -3.02. The van der Waals surface area contributed by atoms with Crippen LogP contribution in [0.2, 0.25) is 0 Å². The largest absolute Gasteiger partial charge is 0.481 e. The number of dihydropyridines is 1. The summed E-state index contributed by atoms with van der Waals surface area (Å²) in [6, 6.07) is 6.17. The number of halogens is 1. The van der Waals surface area contributed by atoms with Gasteiger partial charge in [0.25, 0.3) is 0 Å². The number of hydrogen-bond donors (Lipinski definition) is 2. The molecule has 1 aliphatic carbocycles. The van der Waals surface area contributed by atoms with Gasteiger partial charge < -0.3 is 10.8 Å². The van der Waals surface area contributed by atoms with Crippen molar-refractivity contribution in [2.45, 2.75) is 32.1 Å². The number of fused-ring (bicyclic) bond motifs is 1. The van der Waals surface area contributed by atoms with E-state index in [1.807, 2.05) is 0 Å². The van der Waals surface area contributed by atoms with Crippen LogP contribution in [0.3, 0.4) is 0 Å². The van der Waals surface area contributed by atoms with E-state index in [4.69, 9.17) is 15.8 Å². The number of nitrogens with zero attached hydrogens (tertiary/aromatic N) is 1. The van der Waals surface area contributed by atoms with Crippen molar-refractivity contribution in [3.63, 3.8) is 0 Å². The normalized spacial score (nSPS) is 18.6. The zero-order valence-electron chi connectivity index (χ0n) is 14.8. The van der Waals surface area contributed by atoms with Gasteiger partial charge in [0.15, 0.2) is 0 Å². The molecular formula is C21H21FN2O3. The molecule has 0 saturated heterocycles. The second-order valence-electron chi connectivity index (χ2n) is 6.72. The van der Waals surface area contributed by atoms with Crippen molar-refractivity contribution in [2.24, 2.45) is 16.6 Å². The molecule has 3 N–H and O–H groups in total. The number of amides is 1. The number of aliphatic carboxylic acids is 1. The van der Waals surface area contributed by atoms with Crippen molar-refractivity contribution in [2.75, 3.05) is 0 Å². The third-order valence-corrected chi connectivity index (χ3v) is 4.74. The summed E-state index contributed by atoms with van der Waals surface area (Å²) in [6.07, 6.45) is 8.16. The molecule has 0 spiro atoms. The summed E-state index contributed by atoms with van der Waals surface area (Å²) in [7, 11) is 0. The molecule has 1 aliphatic heterocycles. The van der Waals surface area contributed by atoms with Crippen LogP contribution in [0.25, 0.3) is 0 Å². The topological polar surface area (TPSA) is 92.8 Å². The Morgan fingerprint density at radius 1 is 1.19 bits per heavy atom. The number of carbonyl (C=O) groups is 2. The van der Waals surface area contributed by atoms with E-state index in [1.165, 1.54) is 12.1 Å². The lowest BCUT2D eigenvalue weighted by Gasteiger charge is -2.26. The fraction of sp³-hybridized carbons (Fsp3) is 0.286. The number of allylic oxidation sites excluding steroid dienone is 4. The first-order valence-corrected chi connectivity index (χ1v) is 8.92. The Morgan fingerprint density at radius 3 is 2.59 bits per heavy atom. The zero-order chi connectivity index (χ0) is 19.4. The average Bonchev–Trinajstić information content (AvgIpc) is 2.64. The minimum Gasteiger partial charge on any atom is -0.481 e. The van der Waals surface area contributed by atoms with E-state index in [0.717, 1.165) is 22.5 Å². The van der Waals surface area contributed by atoms with E-state index < -0.39 is 11.9 Å². The Kier molecular flexibility index (Phi) is 5.64. The number of hydrogen-bond acceptors (Lipinski definition) is 3. The van der Waals surface area contributed by atoms with E-state index in [9.17, 15) is 14.0 Å². The van der Waals surface area contributed by atoms with Gasteiger partial charge in [0.05, 0.1) is 5.71 Å². The highest BCUT2D eigenvalue weighted by Crippen LogP contribution is 2.34. The van der Waals surface area contributed by atoms with Crippen LogP contribution < -0.4 is 5.73 Å². The van der Waals surface area contributed by atoms with Gasteiger partial charge in [0, 0.05) is 29.2 Å². The molecule has 0 bridgehead atoms. The monoisotopic (exact) mass is 368 g/mol. The quantitative estimate of drug-likeness (QED) is 0.721. The first kappa shape index (κ1) is 18.8. The number of carboxylic acids is 1. The lowest BCUT2D eigenvalue weighted by Crippen LogP contribution is -2.22. The van der Waals surface area contributed by atoms with Gasteiger partial charge >= 0.3 is 5.97 Å². The molecule has 0 aromatic heterocycles. The van der Waals surface area contributed by atoms with Crippen LogP contribution in [-0.4, -0.2) is 22.7 Å². The summed E-state index contributed by atoms with van der Waals surface area (Å²) in [6.45, 7) is 0. The van der Waals surface area contributed by atoms with Crippen molar-refractivity contribution < 1.29 is 19.1 Å². The van der Waals surface area contributed by atoms with Crippen LogP contribution in [0.4, 0.5) is 4.39 Å². The molecule has 2 aliphatic rings. The van der Waals surface area contributed by atoms with Crippen LogP contribution >= 0.6 is 0 Å². The molecule has 1 aromatic carbocycles. The zero-order valence-corrected chi connectivity index (χ0v) is 14.8. The molecule has 0 saturated carbocycles. The third-order valence-electron chi connectivity index (χ3n) is 4.74. The van der Waals surface area contributed by atoms with Crippen molar-refractivity contribution in [1.29, 1.82) is 0 Å². The number of primary amides is 1. The highest BCUT2D eigenvalue weighted by Gasteiger charge is 2.26. The number of rotatable bonds is 7. The predicted molar refractivity (Wildman–Crippen MR) is 101 cm³/mol. The molecule has 1 unspecified atom stereocenters. The van der Waals surface area contributed by atoms with Gasteiger partial charge in [0.2, 0.25) is 5.91 Å². The van der Waals surface area contributed by atoms with Crippen LogP contribution in [0.15, 0.2) is 64.3 Å². The van der Waals surface area contributed by atoms with Crippen LogP contribution in [0, 0.1) is 11.7 Å². The first-order valence-electron chi connectivity index (χ1n) is 8.92. The Bertz CT molecular complexity index is 879. The first-order chi connectivity index (χ1) is 12.9. The number of aliphatic imine (C=N–C) groups is 1. The Morgan fingerprint density at radius 2 is 1.93 bits per heavy atom. The van der Waals surface area contributed by atoms with Gasteiger partial charge in [-0.15, -0.1) is 0 Å². The van der Waals surface area contributed by atoms with E-state index in [-0.39, 0.29) is 18.2 Å². The molecule has 140 valence electrons. The molecule has 1 atom stereocenters. The van der Waals surface area contributed by atoms with Crippen molar-refractivity contribution in [3.05, 3.63) is 70.7 Å². The molecule has 27 heavy (non-hydrogen) atoms. The fourth-order valence-corrected chi connectivity index (χ4v) is 3.34. The summed E-state index contributed by atoms with van der Waals surface area (Å²) in [4.78, 5) is 27.0. The van der Waals surface area contributed by atoms with E-state index in [2.05, 4.69) is 6.08 Å². The van der Waals surface area contributed by atoms with Crippen molar-refractivity contribution in [3.8, 4) is 0 Å². The number of carboxylic acid groups (broad SMARTS) is 1. The molecule has 1 amide bonds. The molecule has 1 heterocycles. The minimum atomic E-state index is -0.811. The van der Waals surface area contributed by atoms with Crippen molar-refractivity contribution >= 4 is 17.6 Å². The SMILES string of the molecule is NC(=O)C1=CC=C2N=C(c3ccc(F)cc3)C(CCCCC(=O)O)=CC2C1. The van der Waals surface area contributed by atoms with Gasteiger partial charge in [-0.2, -0.15) is 0 Å². The summed E-state index contributed by atoms with van der Waals surface area (Å²) in [5.41, 5.74) is 9.36. The molecule has 3 rings (SSSR count). The van der Waals surface area contributed by atoms with Crippen LogP contribution in [0.1, 0.15) is 37.7 Å². The fourth-order valence-electron chi connectivity index (χ4n) is 3.34. The lowest BCUT2D eigenvalue weighted by molar-refractivity contribution is -0.137. The summed E-state index contributed by atoms with van der Waals surface area (Å²) in [5.74, 6) is -1.59. The second-order valence-corrected chi connectivity index (χ2v) is 6.72. The van der Waals surface area contributed by atoms with E-state index in [1.54, 1.807) is 24.3 Å². The van der Waals surface area contributed by atoms with Crippen LogP contribution in [-0.2, 0) is 9.59 Å². The number of carbonyl (C=O) groups excluding carboxylic acids is 1. The smallest absolute Gasteiger partial charge is 0.303 e. The summed E-state index contributed by atoms with van der Waals surface area (Å²) >= 11 is 0. The maximum atomic E-state index is 13.3. The lowest BCUT2D eigenvalue weighted by atomic mass is 9.84. The van der Waals surface area contributed by atoms with Crippen LogP contribution in [0.5, 0.6) is 0 Å². The molecule has 0 fully saturated rings. The highest BCUT2D eigenvalue weighted by molar-refractivity contribution is 6.13. The maximum Gasteiger partial charge on any atom is 0.303 e. The van der Waals surface area contributed by atoms with Gasteiger partial charge in [-0.25, -0.2) is 4.39 Å². The highest BCUT2D eigenvalue weighted by atomic mass is 19.1. The van der Waals surface area contributed by atoms with E-state index in [0.29, 0.717) is 31.3 Å². The Labute approximate surface area is 156 Å². The van der Waals surface area contributed by atoms with E-state index >= 15 is 0 Å². The van der Waals surface area contributed by atoms with Gasteiger partial charge in [0.1, 0.15) is 5.82 Å². The summed E-state index contributed by atoms with van der Waals surface area (Å²) < 4.78 is 13.3. The number of nitrogens with two attached hydrogens (primary N) is 1. The molecule has 1 aromatic rings. The standard InChI is InChI=1S/C21H21FN2O3/c22-17-8-5-13(6-9-17)20-14(3-1-2-4-19(25)26)11-16-12-15(21(23)27)7-10-18(16)24-20/h5-11,16H,1-4,12H2,(H2,23,27)(H,25,26). The molecule has 5 nitrogen and oxygen atoms in total. The van der Waals surface area contributed by atoms with Gasteiger partial charge in [-0.3, -0.25) is 14.6 Å². The average molecular weight is 368 g/mol. The maximum absolute atomic E-state index is 13.3. The molecular weight excluding hydrogens is 347 g/mol. The molecule has 0 radical (unpaired) electrons. The predicted octanol–water partition coefficient (Wildman–Crippen LogP) is 3.52. The third kappa shape index (κ3) is 4.58. The second kappa shape index (κ2) is 8.12. The number of benzene rings is 1. The summed E-state index contributed by atoms with van der Waals surface area (Å²) in [5, 5.41) is 8.81. The van der Waals surface area contributed by atoms with Crippen molar-refractivity contribution in [1.82, 2.24) is 0 Å².